The van der Waals surface area contributed by atoms with Gasteiger partial charge in [0.2, 0.25) is 0 Å². The molecule has 9 rings (SSSR count). The SMILES string of the molecule is C1=C(c2ccc(-c3cccc(-c4nc5c(nc6ccccn65)c5ccccc45)c3)cc2)CC(c2ccccc2)=Nc2ccccc21. The van der Waals surface area contributed by atoms with Gasteiger partial charge in [0.25, 0.3) is 0 Å². The first-order valence-electron chi connectivity index (χ1n) is 15.6. The summed E-state index contributed by atoms with van der Waals surface area (Å²) < 4.78 is 2.07. The molecule has 4 heterocycles. The summed E-state index contributed by atoms with van der Waals surface area (Å²) in [5.74, 6) is 0. The van der Waals surface area contributed by atoms with E-state index in [0.29, 0.717) is 0 Å². The zero-order chi connectivity index (χ0) is 30.5. The van der Waals surface area contributed by atoms with E-state index in [9.17, 15) is 0 Å². The summed E-state index contributed by atoms with van der Waals surface area (Å²) in [5, 5.41) is 2.21. The van der Waals surface area contributed by atoms with Crippen molar-refractivity contribution in [3.63, 3.8) is 0 Å². The molecule has 216 valence electrons. The molecule has 0 amide bonds. The van der Waals surface area contributed by atoms with Crippen LogP contribution in [0.5, 0.6) is 0 Å². The zero-order valence-electron chi connectivity index (χ0n) is 25.0. The maximum Gasteiger partial charge on any atom is 0.165 e. The van der Waals surface area contributed by atoms with Crippen molar-refractivity contribution in [2.75, 3.05) is 0 Å². The number of rotatable bonds is 4. The third-order valence-electron chi connectivity index (χ3n) is 8.87. The number of pyridine rings is 2. The van der Waals surface area contributed by atoms with Crippen LogP contribution in [-0.2, 0) is 0 Å². The normalized spacial score (nSPS) is 13.0. The molecule has 0 bridgehead atoms. The maximum absolute atomic E-state index is 5.21. The van der Waals surface area contributed by atoms with Crippen molar-refractivity contribution in [3.05, 3.63) is 168 Å². The Kier molecular flexibility index (Phi) is 6.17. The second kappa shape index (κ2) is 10.8. The average Bonchev–Trinajstić information content (AvgIpc) is 3.39. The maximum atomic E-state index is 5.21. The predicted octanol–water partition coefficient (Wildman–Crippen LogP) is 10.4. The van der Waals surface area contributed by atoms with Crippen molar-refractivity contribution in [2.45, 2.75) is 6.42 Å². The summed E-state index contributed by atoms with van der Waals surface area (Å²) in [6.07, 6.45) is 5.08. The number of benzene rings is 5. The highest BCUT2D eigenvalue weighted by molar-refractivity contribution is 6.11. The van der Waals surface area contributed by atoms with E-state index < -0.39 is 0 Å². The highest BCUT2D eigenvalue weighted by atomic mass is 15.1. The van der Waals surface area contributed by atoms with Crippen LogP contribution >= 0.6 is 0 Å². The van der Waals surface area contributed by atoms with Gasteiger partial charge in [0.1, 0.15) is 11.2 Å². The quantitative estimate of drug-likeness (QED) is 0.205. The fourth-order valence-electron chi connectivity index (χ4n) is 6.57. The highest BCUT2D eigenvalue weighted by Crippen LogP contribution is 2.36. The Hall–Kier alpha value is -6.13. The van der Waals surface area contributed by atoms with Gasteiger partial charge in [-0.3, -0.25) is 9.39 Å². The molecule has 8 aromatic rings. The summed E-state index contributed by atoms with van der Waals surface area (Å²) in [6, 6.07) is 51.0. The third-order valence-corrected chi connectivity index (χ3v) is 8.87. The first-order valence-corrected chi connectivity index (χ1v) is 15.6. The Morgan fingerprint density at radius 1 is 0.522 bits per heavy atom. The first kappa shape index (κ1) is 26.3. The standard InChI is InChI=1S/C42H28N4/c1-2-11-30(12-3-1)38-27-34(26-32-13-4-7-18-37(32)43-38)29-22-20-28(21-23-29)31-14-10-15-33(25-31)40-35-16-5-6-17-36(35)41-42(45-40)46-24-9-8-19-39(46)44-41/h1-26H,27H2. The van der Waals surface area contributed by atoms with Crippen LogP contribution in [0.2, 0.25) is 0 Å². The molecule has 5 aromatic carbocycles. The van der Waals surface area contributed by atoms with E-state index in [1.54, 1.807) is 0 Å². The fourth-order valence-corrected chi connectivity index (χ4v) is 6.57. The minimum Gasteiger partial charge on any atom is -0.284 e. The van der Waals surface area contributed by atoms with Crippen LogP contribution in [0.25, 0.3) is 61.6 Å². The van der Waals surface area contributed by atoms with E-state index in [1.807, 2.05) is 24.4 Å². The van der Waals surface area contributed by atoms with Gasteiger partial charge in [-0.1, -0.05) is 121 Å². The molecule has 3 aromatic heterocycles. The van der Waals surface area contributed by atoms with E-state index in [1.165, 1.54) is 11.1 Å². The molecule has 46 heavy (non-hydrogen) atoms. The van der Waals surface area contributed by atoms with Crippen LogP contribution in [0.1, 0.15) is 23.1 Å². The molecule has 1 aliphatic heterocycles. The zero-order valence-corrected chi connectivity index (χ0v) is 25.0. The van der Waals surface area contributed by atoms with Crippen LogP contribution in [-0.4, -0.2) is 20.1 Å². The highest BCUT2D eigenvalue weighted by Gasteiger charge is 2.17. The Balaban J connectivity index is 1.10. The van der Waals surface area contributed by atoms with Gasteiger partial charge in [0.05, 0.1) is 17.1 Å². The van der Waals surface area contributed by atoms with Crippen LogP contribution in [0.15, 0.2) is 157 Å². The lowest BCUT2D eigenvalue weighted by Gasteiger charge is -2.12. The number of para-hydroxylation sites is 1. The van der Waals surface area contributed by atoms with Gasteiger partial charge in [-0.2, -0.15) is 0 Å². The molecular weight excluding hydrogens is 560 g/mol. The van der Waals surface area contributed by atoms with Crippen molar-refractivity contribution < 1.29 is 0 Å². The van der Waals surface area contributed by atoms with E-state index in [4.69, 9.17) is 15.0 Å². The van der Waals surface area contributed by atoms with Crippen LogP contribution < -0.4 is 0 Å². The average molecular weight is 589 g/mol. The number of allylic oxidation sites excluding steroid dienone is 1. The predicted molar refractivity (Wildman–Crippen MR) is 190 cm³/mol. The first-order chi connectivity index (χ1) is 22.8. The monoisotopic (exact) mass is 588 g/mol. The van der Waals surface area contributed by atoms with Gasteiger partial charge < -0.3 is 0 Å². The Bertz CT molecular complexity index is 2480. The summed E-state index contributed by atoms with van der Waals surface area (Å²) in [7, 11) is 0. The lowest BCUT2D eigenvalue weighted by molar-refractivity contribution is 1.19. The van der Waals surface area contributed by atoms with Crippen LogP contribution in [0, 0.1) is 0 Å². The van der Waals surface area contributed by atoms with Gasteiger partial charge in [-0.25, -0.2) is 9.97 Å². The Morgan fingerprint density at radius 3 is 2.13 bits per heavy atom. The van der Waals surface area contributed by atoms with E-state index in [0.717, 1.165) is 78.9 Å². The molecule has 1 aliphatic rings. The molecule has 0 fully saturated rings. The van der Waals surface area contributed by atoms with Gasteiger partial charge >= 0.3 is 0 Å². The molecule has 0 spiro atoms. The van der Waals surface area contributed by atoms with E-state index in [-0.39, 0.29) is 0 Å². The van der Waals surface area contributed by atoms with E-state index in [2.05, 4.69) is 138 Å². The lowest BCUT2D eigenvalue weighted by atomic mass is 9.93. The van der Waals surface area contributed by atoms with Crippen molar-refractivity contribution >= 4 is 50.6 Å². The van der Waals surface area contributed by atoms with Gasteiger partial charge in [-0.15, -0.1) is 0 Å². The molecule has 4 nitrogen and oxygen atoms in total. The topological polar surface area (TPSA) is 42.5 Å². The molecule has 0 saturated heterocycles. The van der Waals surface area contributed by atoms with E-state index >= 15 is 0 Å². The number of aliphatic imine (C=N–C) groups is 1. The third kappa shape index (κ3) is 4.51. The van der Waals surface area contributed by atoms with Gasteiger partial charge in [0, 0.05) is 34.5 Å². The summed E-state index contributed by atoms with van der Waals surface area (Å²) >= 11 is 0. The summed E-state index contributed by atoms with van der Waals surface area (Å²) in [4.78, 5) is 15.2. The summed E-state index contributed by atoms with van der Waals surface area (Å²) in [5.41, 5.74) is 13.9. The number of fused-ring (bicyclic) bond motifs is 6. The molecule has 0 N–H and O–H groups in total. The number of imidazole rings is 1. The largest absolute Gasteiger partial charge is 0.284 e. The minimum absolute atomic E-state index is 0.762. The van der Waals surface area contributed by atoms with Crippen molar-refractivity contribution in [1.82, 2.24) is 14.4 Å². The Labute approximate surface area is 266 Å². The van der Waals surface area contributed by atoms with Crippen molar-refractivity contribution in [2.24, 2.45) is 4.99 Å². The number of hydrogen-bond acceptors (Lipinski definition) is 3. The smallest absolute Gasteiger partial charge is 0.165 e. The lowest BCUT2D eigenvalue weighted by Crippen LogP contribution is -2.01. The molecular formula is C42H28N4. The Morgan fingerprint density at radius 2 is 1.24 bits per heavy atom. The van der Waals surface area contributed by atoms with Gasteiger partial charge in [0.15, 0.2) is 5.65 Å². The number of hydrogen-bond donors (Lipinski definition) is 0. The fraction of sp³-hybridized carbons (Fsp3) is 0.0238. The van der Waals surface area contributed by atoms with Crippen LogP contribution in [0.4, 0.5) is 5.69 Å². The summed E-state index contributed by atoms with van der Waals surface area (Å²) in [6.45, 7) is 0. The minimum atomic E-state index is 0.762. The second-order valence-electron chi connectivity index (χ2n) is 11.7. The molecule has 0 unspecified atom stereocenters. The molecule has 4 heteroatoms. The van der Waals surface area contributed by atoms with Gasteiger partial charge in [-0.05, 0) is 58.2 Å². The van der Waals surface area contributed by atoms with Crippen LogP contribution in [0.3, 0.4) is 0 Å². The molecule has 0 saturated carbocycles. The number of nitrogens with zero attached hydrogens (tertiary/aromatic N) is 4. The molecule has 0 atom stereocenters. The van der Waals surface area contributed by atoms with Crippen molar-refractivity contribution in [1.29, 1.82) is 0 Å². The molecule has 0 radical (unpaired) electrons. The molecule has 0 aliphatic carbocycles. The van der Waals surface area contributed by atoms with Crippen molar-refractivity contribution in [3.8, 4) is 22.4 Å². The second-order valence-corrected chi connectivity index (χ2v) is 11.7. The number of aromatic nitrogens is 3.